The third-order valence-electron chi connectivity index (χ3n) is 3.92. The number of nitrogens with zero attached hydrogens (tertiary/aromatic N) is 3. The summed E-state index contributed by atoms with van der Waals surface area (Å²) in [4.78, 5) is 15.8. The van der Waals surface area contributed by atoms with E-state index < -0.39 is 11.8 Å². The summed E-state index contributed by atoms with van der Waals surface area (Å²) in [7, 11) is 0. The Kier molecular flexibility index (Phi) is 3.81. The molecule has 26 heavy (non-hydrogen) atoms. The van der Waals surface area contributed by atoms with Gasteiger partial charge in [-0.1, -0.05) is 24.3 Å². The van der Waals surface area contributed by atoms with Crippen LogP contribution in [0.15, 0.2) is 67.0 Å². The number of rotatable bonds is 4. The van der Waals surface area contributed by atoms with Gasteiger partial charge in [-0.25, -0.2) is 18.9 Å². The number of carboxylic acid groups (broad SMARTS) is 1. The molecule has 0 fully saturated rings. The molecular formula is C19H13FN4O2. The molecular weight excluding hydrogens is 335 g/mol. The van der Waals surface area contributed by atoms with Crippen molar-refractivity contribution in [3.05, 3.63) is 78.4 Å². The molecule has 0 saturated carbocycles. The largest absolute Gasteiger partial charge is 0.478 e. The number of aromatic carboxylic acids is 1. The predicted molar refractivity (Wildman–Crippen MR) is 95.5 cm³/mol. The van der Waals surface area contributed by atoms with Gasteiger partial charge in [-0.05, 0) is 30.3 Å². The smallest absolute Gasteiger partial charge is 0.339 e. The van der Waals surface area contributed by atoms with Gasteiger partial charge in [-0.2, -0.15) is 5.10 Å². The topological polar surface area (TPSA) is 80.0 Å². The number of nitrogens with one attached hydrogen (secondary N) is 1. The van der Waals surface area contributed by atoms with Gasteiger partial charge in [0, 0.05) is 11.9 Å². The lowest BCUT2D eigenvalue weighted by molar-refractivity contribution is 0.0697. The lowest BCUT2D eigenvalue weighted by Gasteiger charge is -2.11. The number of carbonyl (C=O) groups is 1. The number of benzene rings is 2. The van der Waals surface area contributed by atoms with E-state index in [0.29, 0.717) is 22.4 Å². The lowest BCUT2D eigenvalue weighted by Crippen LogP contribution is -2.05. The van der Waals surface area contributed by atoms with E-state index in [1.807, 2.05) is 30.3 Å². The van der Waals surface area contributed by atoms with Crippen LogP contribution in [0.2, 0.25) is 0 Å². The number of hydrogen-bond donors (Lipinski definition) is 2. The molecule has 0 bridgehead atoms. The molecule has 2 aromatic heterocycles. The first-order chi connectivity index (χ1) is 12.6. The summed E-state index contributed by atoms with van der Waals surface area (Å²) in [6, 6.07) is 15.2. The van der Waals surface area contributed by atoms with Gasteiger partial charge in [-0.15, -0.1) is 0 Å². The summed E-state index contributed by atoms with van der Waals surface area (Å²) in [6.45, 7) is 0. The zero-order valence-electron chi connectivity index (χ0n) is 13.4. The number of carboxylic acids is 1. The van der Waals surface area contributed by atoms with E-state index in [1.54, 1.807) is 12.1 Å². The molecule has 0 aliphatic rings. The standard InChI is InChI=1S/C19H13FN4O2/c20-12-5-4-8-14(9-12)24-18-15(11-22-24)17(16(10-21-18)19(25)26)23-13-6-2-1-3-7-13/h1-11H,(H,21,23)(H,25,26). The first-order valence-corrected chi connectivity index (χ1v) is 7.81. The molecule has 128 valence electrons. The number of pyridine rings is 1. The van der Waals surface area contributed by atoms with Gasteiger partial charge < -0.3 is 10.4 Å². The zero-order valence-corrected chi connectivity index (χ0v) is 13.4. The molecule has 2 aromatic carbocycles. The van der Waals surface area contributed by atoms with Crippen LogP contribution in [-0.4, -0.2) is 25.8 Å². The summed E-state index contributed by atoms with van der Waals surface area (Å²) < 4.78 is 15.0. The minimum atomic E-state index is -1.10. The SMILES string of the molecule is O=C(O)c1cnc2c(cnn2-c2cccc(F)c2)c1Nc1ccccc1. The number of fused-ring (bicyclic) bond motifs is 1. The average Bonchev–Trinajstić information content (AvgIpc) is 3.07. The van der Waals surface area contributed by atoms with E-state index in [9.17, 15) is 14.3 Å². The van der Waals surface area contributed by atoms with Crippen molar-refractivity contribution in [2.45, 2.75) is 0 Å². The second-order valence-corrected chi connectivity index (χ2v) is 5.62. The summed E-state index contributed by atoms with van der Waals surface area (Å²) in [6.07, 6.45) is 2.79. The van der Waals surface area contributed by atoms with Gasteiger partial charge in [0.25, 0.3) is 0 Å². The van der Waals surface area contributed by atoms with Crippen molar-refractivity contribution in [1.82, 2.24) is 14.8 Å². The summed E-state index contributed by atoms with van der Waals surface area (Å²) in [5.41, 5.74) is 2.08. The van der Waals surface area contributed by atoms with Crippen molar-refractivity contribution in [2.24, 2.45) is 0 Å². The number of aromatic nitrogens is 3. The second-order valence-electron chi connectivity index (χ2n) is 5.62. The molecule has 0 atom stereocenters. The van der Waals surface area contributed by atoms with Crippen LogP contribution in [0.5, 0.6) is 0 Å². The summed E-state index contributed by atoms with van der Waals surface area (Å²) in [5.74, 6) is -1.49. The van der Waals surface area contributed by atoms with Crippen molar-refractivity contribution >= 4 is 28.4 Å². The van der Waals surface area contributed by atoms with Gasteiger partial charge >= 0.3 is 5.97 Å². The molecule has 0 spiro atoms. The highest BCUT2D eigenvalue weighted by Gasteiger charge is 2.18. The maximum Gasteiger partial charge on any atom is 0.339 e. The third kappa shape index (κ3) is 2.75. The molecule has 4 aromatic rings. The molecule has 4 rings (SSSR count). The van der Waals surface area contributed by atoms with Crippen LogP contribution in [0.1, 0.15) is 10.4 Å². The Bertz CT molecular complexity index is 1110. The summed E-state index contributed by atoms with van der Waals surface area (Å²) >= 11 is 0. The Balaban J connectivity index is 1.91. The van der Waals surface area contributed by atoms with Gasteiger partial charge in [-0.3, -0.25) is 0 Å². The van der Waals surface area contributed by atoms with Gasteiger partial charge in [0.15, 0.2) is 5.65 Å². The zero-order chi connectivity index (χ0) is 18.1. The first-order valence-electron chi connectivity index (χ1n) is 7.81. The maximum absolute atomic E-state index is 13.5. The van der Waals surface area contributed by atoms with E-state index in [1.165, 1.54) is 29.2 Å². The van der Waals surface area contributed by atoms with Crippen LogP contribution in [0.4, 0.5) is 15.8 Å². The highest BCUT2D eigenvalue weighted by Crippen LogP contribution is 2.30. The third-order valence-corrected chi connectivity index (χ3v) is 3.92. The van der Waals surface area contributed by atoms with Crippen molar-refractivity contribution < 1.29 is 14.3 Å². The van der Waals surface area contributed by atoms with E-state index >= 15 is 0 Å². The lowest BCUT2D eigenvalue weighted by atomic mass is 10.1. The average molecular weight is 348 g/mol. The monoisotopic (exact) mass is 348 g/mol. The second kappa shape index (κ2) is 6.29. The number of para-hydroxylation sites is 1. The highest BCUT2D eigenvalue weighted by atomic mass is 19.1. The molecule has 2 heterocycles. The normalized spacial score (nSPS) is 10.8. The van der Waals surface area contributed by atoms with E-state index in [-0.39, 0.29) is 5.56 Å². The van der Waals surface area contributed by atoms with Crippen LogP contribution >= 0.6 is 0 Å². The van der Waals surface area contributed by atoms with E-state index in [0.717, 1.165) is 5.69 Å². The molecule has 0 saturated heterocycles. The van der Waals surface area contributed by atoms with Crippen molar-refractivity contribution in [3.63, 3.8) is 0 Å². The fourth-order valence-electron chi connectivity index (χ4n) is 2.74. The Morgan fingerprint density at radius 1 is 1.08 bits per heavy atom. The molecule has 0 radical (unpaired) electrons. The molecule has 2 N–H and O–H groups in total. The van der Waals surface area contributed by atoms with Crippen LogP contribution in [-0.2, 0) is 0 Å². The number of halogens is 1. The van der Waals surface area contributed by atoms with Crippen LogP contribution in [0, 0.1) is 5.82 Å². The van der Waals surface area contributed by atoms with Gasteiger partial charge in [0.05, 0.1) is 23.0 Å². The molecule has 7 heteroatoms. The van der Waals surface area contributed by atoms with E-state index in [4.69, 9.17) is 0 Å². The molecule has 0 unspecified atom stereocenters. The Morgan fingerprint density at radius 3 is 2.62 bits per heavy atom. The quantitative estimate of drug-likeness (QED) is 0.583. The molecule has 0 aliphatic carbocycles. The fraction of sp³-hybridized carbons (Fsp3) is 0. The van der Waals surface area contributed by atoms with Crippen LogP contribution in [0.25, 0.3) is 16.7 Å². The fourth-order valence-corrected chi connectivity index (χ4v) is 2.74. The van der Waals surface area contributed by atoms with Crippen molar-refractivity contribution in [3.8, 4) is 5.69 Å². The molecule has 0 aliphatic heterocycles. The van der Waals surface area contributed by atoms with Crippen molar-refractivity contribution in [1.29, 1.82) is 0 Å². The molecule has 0 amide bonds. The Labute approximate surface area is 147 Å². The molecule has 6 nitrogen and oxygen atoms in total. The number of anilines is 2. The summed E-state index contributed by atoms with van der Waals surface area (Å²) in [5, 5.41) is 17.4. The highest BCUT2D eigenvalue weighted by molar-refractivity contribution is 6.04. The predicted octanol–water partition coefficient (Wildman–Crippen LogP) is 4.00. The van der Waals surface area contributed by atoms with Gasteiger partial charge in [0.2, 0.25) is 0 Å². The van der Waals surface area contributed by atoms with Gasteiger partial charge in [0.1, 0.15) is 11.4 Å². The van der Waals surface area contributed by atoms with Crippen LogP contribution in [0.3, 0.4) is 0 Å². The number of hydrogen-bond acceptors (Lipinski definition) is 4. The van der Waals surface area contributed by atoms with Crippen molar-refractivity contribution in [2.75, 3.05) is 5.32 Å². The minimum Gasteiger partial charge on any atom is -0.478 e. The Hall–Kier alpha value is -3.74. The Morgan fingerprint density at radius 2 is 1.88 bits per heavy atom. The van der Waals surface area contributed by atoms with Crippen LogP contribution < -0.4 is 5.32 Å². The first kappa shape index (κ1) is 15.8. The van der Waals surface area contributed by atoms with E-state index in [2.05, 4.69) is 15.4 Å². The maximum atomic E-state index is 13.5. The minimum absolute atomic E-state index is 0.0279.